The third-order valence-corrected chi connectivity index (χ3v) is 5.70. The average molecular weight is 378 g/mol. The van der Waals surface area contributed by atoms with Gasteiger partial charge in [-0.25, -0.2) is 4.79 Å². The fraction of sp³-hybridized carbons (Fsp3) is 0.200. The van der Waals surface area contributed by atoms with Crippen LogP contribution in [0.4, 0.5) is 0 Å². The Hall–Kier alpha value is -2.93. The summed E-state index contributed by atoms with van der Waals surface area (Å²) >= 11 is 1.54. The first-order valence-corrected chi connectivity index (χ1v) is 9.48. The molecule has 0 spiro atoms. The minimum absolute atomic E-state index is 0.333. The number of thioether (sulfide) groups is 1. The normalized spacial score (nSPS) is 11.2. The fourth-order valence-electron chi connectivity index (χ4n) is 2.97. The van der Waals surface area contributed by atoms with E-state index in [-0.39, 0.29) is 5.63 Å². The second-order valence-electron chi connectivity index (χ2n) is 6.37. The van der Waals surface area contributed by atoms with E-state index in [1.807, 2.05) is 43.7 Å². The maximum Gasteiger partial charge on any atom is 0.336 e. The molecule has 0 amide bonds. The van der Waals surface area contributed by atoms with E-state index in [0.29, 0.717) is 11.3 Å². The first-order valence-electron chi connectivity index (χ1n) is 8.50. The van der Waals surface area contributed by atoms with Crippen LogP contribution in [0.2, 0.25) is 0 Å². The number of pyridine rings is 1. The monoisotopic (exact) mass is 378 g/mol. The van der Waals surface area contributed by atoms with Crippen molar-refractivity contribution in [1.82, 2.24) is 19.7 Å². The van der Waals surface area contributed by atoms with Crippen molar-refractivity contribution < 1.29 is 4.42 Å². The molecule has 0 aliphatic rings. The van der Waals surface area contributed by atoms with Gasteiger partial charge in [-0.3, -0.25) is 4.98 Å². The maximum absolute atomic E-state index is 12.0. The van der Waals surface area contributed by atoms with Crippen LogP contribution in [-0.4, -0.2) is 19.7 Å². The SMILES string of the molecule is Cc1ccc2c(CSc3nnc(-c4cccnc4)n3C)cc(=O)oc2c1C. The predicted molar refractivity (Wildman–Crippen MR) is 106 cm³/mol. The molecule has 0 fully saturated rings. The lowest BCUT2D eigenvalue weighted by Gasteiger charge is -2.09. The zero-order chi connectivity index (χ0) is 19.0. The first-order chi connectivity index (χ1) is 13.0. The molecule has 0 saturated heterocycles. The number of rotatable bonds is 4. The van der Waals surface area contributed by atoms with Crippen LogP contribution >= 0.6 is 11.8 Å². The molecule has 3 aromatic heterocycles. The summed E-state index contributed by atoms with van der Waals surface area (Å²) in [5, 5.41) is 10.3. The molecule has 6 nitrogen and oxygen atoms in total. The average Bonchev–Trinajstić information content (AvgIpc) is 3.04. The van der Waals surface area contributed by atoms with E-state index >= 15 is 0 Å². The zero-order valence-electron chi connectivity index (χ0n) is 15.3. The molecule has 0 N–H and O–H groups in total. The molecule has 0 radical (unpaired) electrons. The third kappa shape index (κ3) is 3.26. The van der Waals surface area contributed by atoms with Gasteiger partial charge in [-0.15, -0.1) is 10.2 Å². The lowest BCUT2D eigenvalue weighted by molar-refractivity contribution is 0.557. The molecular formula is C20H18N4O2S. The molecule has 0 atom stereocenters. The molecule has 0 aliphatic carbocycles. The number of aromatic nitrogens is 4. The summed E-state index contributed by atoms with van der Waals surface area (Å²) in [6, 6.07) is 9.44. The molecule has 3 heterocycles. The van der Waals surface area contributed by atoms with Crippen molar-refractivity contribution in [3.8, 4) is 11.4 Å². The molecule has 0 aliphatic heterocycles. The minimum atomic E-state index is -0.333. The van der Waals surface area contributed by atoms with Crippen molar-refractivity contribution in [2.45, 2.75) is 24.8 Å². The van der Waals surface area contributed by atoms with E-state index in [9.17, 15) is 4.79 Å². The predicted octanol–water partition coefficient (Wildman–Crippen LogP) is 3.89. The number of fused-ring (bicyclic) bond motifs is 1. The summed E-state index contributed by atoms with van der Waals surface area (Å²) in [7, 11) is 1.93. The Labute approximate surface area is 160 Å². The van der Waals surface area contributed by atoms with E-state index in [1.165, 1.54) is 11.8 Å². The Kier molecular flexibility index (Phi) is 4.53. The fourth-order valence-corrected chi connectivity index (χ4v) is 3.88. The second kappa shape index (κ2) is 7.00. The molecule has 0 saturated carbocycles. The van der Waals surface area contributed by atoms with E-state index in [2.05, 4.69) is 21.2 Å². The summed E-state index contributed by atoms with van der Waals surface area (Å²) in [4.78, 5) is 16.2. The van der Waals surface area contributed by atoms with Crippen molar-refractivity contribution >= 4 is 22.7 Å². The zero-order valence-corrected chi connectivity index (χ0v) is 16.1. The Bertz CT molecular complexity index is 1180. The highest BCUT2D eigenvalue weighted by molar-refractivity contribution is 7.98. The van der Waals surface area contributed by atoms with Crippen LogP contribution in [0.1, 0.15) is 16.7 Å². The maximum atomic E-state index is 12.0. The lowest BCUT2D eigenvalue weighted by Crippen LogP contribution is -2.02. The Morgan fingerprint density at radius 3 is 2.81 bits per heavy atom. The van der Waals surface area contributed by atoms with Gasteiger partial charge in [-0.05, 0) is 42.7 Å². The molecule has 0 bridgehead atoms. The Morgan fingerprint density at radius 2 is 2.04 bits per heavy atom. The van der Waals surface area contributed by atoms with E-state index < -0.39 is 0 Å². The van der Waals surface area contributed by atoms with Gasteiger partial charge >= 0.3 is 5.63 Å². The van der Waals surface area contributed by atoms with Crippen molar-refractivity contribution in [3.05, 3.63) is 69.8 Å². The lowest BCUT2D eigenvalue weighted by atomic mass is 10.0. The first kappa shape index (κ1) is 17.5. The third-order valence-electron chi connectivity index (χ3n) is 4.63. The van der Waals surface area contributed by atoms with Crippen LogP contribution in [0.25, 0.3) is 22.4 Å². The summed E-state index contributed by atoms with van der Waals surface area (Å²) in [6.45, 7) is 3.98. The van der Waals surface area contributed by atoms with Crippen LogP contribution in [0.5, 0.6) is 0 Å². The number of nitrogens with zero attached hydrogens (tertiary/aromatic N) is 4. The van der Waals surface area contributed by atoms with Crippen molar-refractivity contribution in [2.24, 2.45) is 7.05 Å². The van der Waals surface area contributed by atoms with Crippen LogP contribution in [0.15, 0.2) is 57.1 Å². The molecule has 136 valence electrons. The number of hydrogen-bond donors (Lipinski definition) is 0. The van der Waals surface area contributed by atoms with Gasteiger partial charge in [0.05, 0.1) is 0 Å². The van der Waals surface area contributed by atoms with Gasteiger partial charge in [0, 0.05) is 42.2 Å². The van der Waals surface area contributed by atoms with Crippen LogP contribution in [0, 0.1) is 13.8 Å². The molecule has 1 aromatic carbocycles. The van der Waals surface area contributed by atoms with E-state index in [0.717, 1.165) is 38.6 Å². The quantitative estimate of drug-likeness (QED) is 0.396. The number of hydrogen-bond acceptors (Lipinski definition) is 6. The van der Waals surface area contributed by atoms with Gasteiger partial charge in [0.1, 0.15) is 5.58 Å². The molecule has 4 aromatic rings. The highest BCUT2D eigenvalue weighted by atomic mass is 32.2. The smallest absolute Gasteiger partial charge is 0.336 e. The van der Waals surface area contributed by atoms with Gasteiger partial charge in [0.25, 0.3) is 0 Å². The van der Waals surface area contributed by atoms with Gasteiger partial charge in [0.15, 0.2) is 11.0 Å². The standard InChI is InChI=1S/C20H18N4O2S/c1-12-6-7-16-15(9-17(25)26-18(16)13(12)2)11-27-20-23-22-19(24(20)3)14-5-4-8-21-10-14/h4-10H,11H2,1-3H3. The molecular weight excluding hydrogens is 360 g/mol. The van der Waals surface area contributed by atoms with E-state index in [1.54, 1.807) is 18.5 Å². The van der Waals surface area contributed by atoms with Crippen molar-refractivity contribution in [1.29, 1.82) is 0 Å². The highest BCUT2D eigenvalue weighted by Crippen LogP contribution is 2.29. The molecule has 4 rings (SSSR count). The Morgan fingerprint density at radius 1 is 1.19 bits per heavy atom. The summed E-state index contributed by atoms with van der Waals surface area (Å²) in [5.41, 5.74) is 4.27. The summed E-state index contributed by atoms with van der Waals surface area (Å²) < 4.78 is 7.38. The molecule has 7 heteroatoms. The highest BCUT2D eigenvalue weighted by Gasteiger charge is 2.14. The summed E-state index contributed by atoms with van der Waals surface area (Å²) in [6.07, 6.45) is 3.49. The largest absolute Gasteiger partial charge is 0.422 e. The van der Waals surface area contributed by atoms with E-state index in [4.69, 9.17) is 4.42 Å². The number of aryl methyl sites for hydroxylation is 2. The van der Waals surface area contributed by atoms with Crippen molar-refractivity contribution in [2.75, 3.05) is 0 Å². The van der Waals surface area contributed by atoms with Crippen molar-refractivity contribution in [3.63, 3.8) is 0 Å². The van der Waals surface area contributed by atoms with Crippen LogP contribution in [0.3, 0.4) is 0 Å². The topological polar surface area (TPSA) is 73.8 Å². The van der Waals surface area contributed by atoms with Gasteiger partial charge in [0.2, 0.25) is 0 Å². The molecule has 0 unspecified atom stereocenters. The minimum Gasteiger partial charge on any atom is -0.422 e. The second-order valence-corrected chi connectivity index (χ2v) is 7.31. The molecule has 27 heavy (non-hydrogen) atoms. The summed E-state index contributed by atoms with van der Waals surface area (Å²) in [5.74, 6) is 1.36. The van der Waals surface area contributed by atoms with Crippen LogP contribution < -0.4 is 5.63 Å². The van der Waals surface area contributed by atoms with Crippen LogP contribution in [-0.2, 0) is 12.8 Å². The van der Waals surface area contributed by atoms with Gasteiger partial charge in [-0.2, -0.15) is 0 Å². The Balaban J connectivity index is 1.66. The van der Waals surface area contributed by atoms with Gasteiger partial charge < -0.3 is 8.98 Å². The van der Waals surface area contributed by atoms with Gasteiger partial charge in [-0.1, -0.05) is 23.9 Å². The number of benzene rings is 1.